The molecule has 0 radical (unpaired) electrons. The van der Waals surface area contributed by atoms with Gasteiger partial charge in [-0.2, -0.15) is 0 Å². The van der Waals surface area contributed by atoms with Gasteiger partial charge in [-0.05, 0) is 25.1 Å². The summed E-state index contributed by atoms with van der Waals surface area (Å²) in [4.78, 5) is 1.27. The van der Waals surface area contributed by atoms with Crippen molar-refractivity contribution >= 4 is 17.2 Å². The van der Waals surface area contributed by atoms with Crippen molar-refractivity contribution in [3.05, 3.63) is 28.5 Å². The van der Waals surface area contributed by atoms with Crippen molar-refractivity contribution in [3.8, 4) is 11.3 Å². The van der Waals surface area contributed by atoms with E-state index in [1.807, 2.05) is 6.07 Å². The molecule has 0 amide bonds. The molecule has 0 aromatic carbocycles. The monoisotopic (exact) mass is 191 g/mol. The molecule has 2 rings (SSSR count). The second-order valence-corrected chi connectivity index (χ2v) is 3.90. The molecular weight excluding hydrogens is 182 g/mol. The molecule has 0 aliphatic rings. The molecule has 0 aliphatic heterocycles. The molecule has 66 valence electrons. The number of hydrogen-bond donors (Lipinski definition) is 1. The third-order valence-electron chi connectivity index (χ3n) is 1.71. The van der Waals surface area contributed by atoms with Crippen molar-refractivity contribution in [1.29, 1.82) is 0 Å². The molecule has 3 nitrogen and oxygen atoms in total. The lowest BCUT2D eigenvalue weighted by Gasteiger charge is -1.94. The molecule has 0 saturated heterocycles. The zero-order valence-electron chi connectivity index (χ0n) is 7.19. The molecule has 0 unspecified atom stereocenters. The van der Waals surface area contributed by atoms with Gasteiger partial charge >= 0.3 is 0 Å². The highest BCUT2D eigenvalue weighted by molar-refractivity contribution is 7.10. The minimum absolute atomic E-state index is 0.454. The molecule has 0 bridgehead atoms. The van der Waals surface area contributed by atoms with Crippen molar-refractivity contribution in [2.45, 2.75) is 6.92 Å². The summed E-state index contributed by atoms with van der Waals surface area (Å²) in [5.41, 5.74) is 7.42. The Hall–Kier alpha value is -1.42. The van der Waals surface area contributed by atoms with Crippen molar-refractivity contribution in [2.24, 2.45) is 0 Å². The maximum Gasteiger partial charge on any atom is 0.146 e. The van der Waals surface area contributed by atoms with E-state index in [-0.39, 0.29) is 0 Å². The predicted octanol–water partition coefficient (Wildman–Crippen LogP) is 2.10. The van der Waals surface area contributed by atoms with Gasteiger partial charge < -0.3 is 5.73 Å². The van der Waals surface area contributed by atoms with E-state index in [9.17, 15) is 0 Å². The third-order valence-corrected chi connectivity index (χ3v) is 2.57. The van der Waals surface area contributed by atoms with Gasteiger partial charge in [0.25, 0.3) is 0 Å². The molecule has 2 aromatic heterocycles. The number of aromatic nitrogens is 2. The van der Waals surface area contributed by atoms with Crippen LogP contribution in [0.2, 0.25) is 0 Å². The van der Waals surface area contributed by atoms with E-state index in [2.05, 4.69) is 28.6 Å². The van der Waals surface area contributed by atoms with E-state index in [1.54, 1.807) is 17.4 Å². The van der Waals surface area contributed by atoms with Crippen LogP contribution >= 0.6 is 11.3 Å². The van der Waals surface area contributed by atoms with Crippen LogP contribution < -0.4 is 5.73 Å². The molecule has 0 atom stereocenters. The van der Waals surface area contributed by atoms with Gasteiger partial charge in [0, 0.05) is 15.8 Å². The highest BCUT2D eigenvalue weighted by Crippen LogP contribution is 2.22. The van der Waals surface area contributed by atoms with Gasteiger partial charge in [0.05, 0.1) is 5.69 Å². The Morgan fingerprint density at radius 2 is 2.15 bits per heavy atom. The van der Waals surface area contributed by atoms with Gasteiger partial charge in [0.1, 0.15) is 5.82 Å². The summed E-state index contributed by atoms with van der Waals surface area (Å²) >= 11 is 1.70. The highest BCUT2D eigenvalue weighted by atomic mass is 32.1. The van der Waals surface area contributed by atoms with Gasteiger partial charge in [-0.15, -0.1) is 21.5 Å². The largest absolute Gasteiger partial charge is 0.382 e. The van der Waals surface area contributed by atoms with Crippen molar-refractivity contribution < 1.29 is 0 Å². The minimum atomic E-state index is 0.454. The fraction of sp³-hybridized carbons (Fsp3) is 0.111. The molecule has 0 aliphatic carbocycles. The number of thiophene rings is 1. The van der Waals surface area contributed by atoms with Gasteiger partial charge in [-0.3, -0.25) is 0 Å². The Kier molecular flexibility index (Phi) is 1.98. The Bertz CT molecular complexity index is 405. The van der Waals surface area contributed by atoms with Crippen LogP contribution in [0, 0.1) is 6.92 Å². The van der Waals surface area contributed by atoms with Crippen LogP contribution in [-0.4, -0.2) is 10.2 Å². The average Bonchev–Trinajstić information content (AvgIpc) is 2.53. The fourth-order valence-corrected chi connectivity index (χ4v) is 1.77. The van der Waals surface area contributed by atoms with E-state index in [1.165, 1.54) is 4.88 Å². The Balaban J connectivity index is 2.41. The lowest BCUT2D eigenvalue weighted by Crippen LogP contribution is -1.92. The number of nitrogen functional groups attached to an aromatic ring is 1. The quantitative estimate of drug-likeness (QED) is 0.751. The van der Waals surface area contributed by atoms with Crippen molar-refractivity contribution in [1.82, 2.24) is 10.2 Å². The number of rotatable bonds is 1. The summed E-state index contributed by atoms with van der Waals surface area (Å²) < 4.78 is 0. The van der Waals surface area contributed by atoms with Crippen LogP contribution in [0.3, 0.4) is 0 Å². The van der Waals surface area contributed by atoms with Crippen LogP contribution in [0.15, 0.2) is 23.6 Å². The van der Waals surface area contributed by atoms with E-state index in [4.69, 9.17) is 5.73 Å². The van der Waals surface area contributed by atoms with Crippen LogP contribution in [0.4, 0.5) is 5.82 Å². The molecule has 2 aromatic rings. The first-order chi connectivity index (χ1) is 6.25. The maximum atomic E-state index is 5.44. The van der Waals surface area contributed by atoms with Crippen LogP contribution in [0.25, 0.3) is 11.3 Å². The molecule has 2 N–H and O–H groups in total. The summed E-state index contributed by atoms with van der Waals surface area (Å²) in [5.74, 6) is 0.454. The molecular formula is C9H9N3S. The number of aryl methyl sites for hydroxylation is 1. The summed E-state index contributed by atoms with van der Waals surface area (Å²) in [5, 5.41) is 9.86. The smallest absolute Gasteiger partial charge is 0.146 e. The van der Waals surface area contributed by atoms with Crippen molar-refractivity contribution in [3.63, 3.8) is 0 Å². The first-order valence-electron chi connectivity index (χ1n) is 3.90. The summed E-state index contributed by atoms with van der Waals surface area (Å²) in [7, 11) is 0. The van der Waals surface area contributed by atoms with Crippen molar-refractivity contribution in [2.75, 3.05) is 5.73 Å². The van der Waals surface area contributed by atoms with Crippen LogP contribution in [0.1, 0.15) is 4.88 Å². The first kappa shape index (κ1) is 8.19. The normalized spacial score (nSPS) is 10.2. The topological polar surface area (TPSA) is 51.8 Å². The second-order valence-electron chi connectivity index (χ2n) is 2.79. The summed E-state index contributed by atoms with van der Waals surface area (Å²) in [6.45, 7) is 2.07. The molecule has 13 heavy (non-hydrogen) atoms. The molecule has 0 saturated carbocycles. The Labute approximate surface area is 80.2 Å². The SMILES string of the molecule is Cc1cc(-c2ccc(N)nn2)cs1. The number of anilines is 1. The second kappa shape index (κ2) is 3.14. The minimum Gasteiger partial charge on any atom is -0.382 e. The summed E-state index contributed by atoms with van der Waals surface area (Å²) in [6, 6.07) is 5.73. The zero-order chi connectivity index (χ0) is 9.26. The molecule has 0 spiro atoms. The average molecular weight is 191 g/mol. The summed E-state index contributed by atoms with van der Waals surface area (Å²) in [6.07, 6.45) is 0. The van der Waals surface area contributed by atoms with E-state index in [0.29, 0.717) is 5.82 Å². The van der Waals surface area contributed by atoms with Gasteiger partial charge in [0.15, 0.2) is 0 Å². The number of hydrogen-bond acceptors (Lipinski definition) is 4. The lowest BCUT2D eigenvalue weighted by atomic mass is 10.2. The lowest BCUT2D eigenvalue weighted by molar-refractivity contribution is 1.05. The standard InChI is InChI=1S/C9H9N3S/c1-6-4-7(5-13-6)8-2-3-9(10)12-11-8/h2-5H,1H3,(H2,10,12). The zero-order valence-corrected chi connectivity index (χ0v) is 8.01. The molecule has 4 heteroatoms. The van der Waals surface area contributed by atoms with E-state index < -0.39 is 0 Å². The first-order valence-corrected chi connectivity index (χ1v) is 4.78. The van der Waals surface area contributed by atoms with Gasteiger partial charge in [-0.25, -0.2) is 0 Å². The predicted molar refractivity (Wildman–Crippen MR) is 54.5 cm³/mol. The molecule has 0 fully saturated rings. The van der Waals surface area contributed by atoms with Gasteiger partial charge in [0.2, 0.25) is 0 Å². The third kappa shape index (κ3) is 1.67. The highest BCUT2D eigenvalue weighted by Gasteiger charge is 2.01. The van der Waals surface area contributed by atoms with Crippen LogP contribution in [0.5, 0.6) is 0 Å². The Morgan fingerprint density at radius 3 is 2.69 bits per heavy atom. The van der Waals surface area contributed by atoms with E-state index in [0.717, 1.165) is 11.3 Å². The van der Waals surface area contributed by atoms with Crippen LogP contribution in [-0.2, 0) is 0 Å². The maximum absolute atomic E-state index is 5.44. The number of nitrogens with zero attached hydrogens (tertiary/aromatic N) is 2. The van der Waals surface area contributed by atoms with E-state index >= 15 is 0 Å². The van der Waals surface area contributed by atoms with Gasteiger partial charge in [-0.1, -0.05) is 0 Å². The fourth-order valence-electron chi connectivity index (χ4n) is 1.07. The number of nitrogens with two attached hydrogens (primary N) is 1. The molecule has 2 heterocycles. The Morgan fingerprint density at radius 1 is 1.31 bits per heavy atom.